The van der Waals surface area contributed by atoms with Crippen LogP contribution < -0.4 is 11.3 Å². The summed E-state index contributed by atoms with van der Waals surface area (Å²) in [7, 11) is 0. The molecule has 0 spiro atoms. The molecule has 1 aromatic heterocycles. The van der Waals surface area contributed by atoms with Gasteiger partial charge in [-0.15, -0.1) is 0 Å². The monoisotopic (exact) mass is 193 g/mol. The molecule has 0 bridgehead atoms. The van der Waals surface area contributed by atoms with Gasteiger partial charge in [-0.2, -0.15) is 0 Å². The molecule has 0 saturated heterocycles. The molecule has 0 aliphatic heterocycles. The number of nitrogens with one attached hydrogen (secondary N) is 2. The highest BCUT2D eigenvalue weighted by atomic mass is 19.1. The van der Waals surface area contributed by atoms with Crippen molar-refractivity contribution in [2.75, 3.05) is 0 Å². The van der Waals surface area contributed by atoms with Crippen LogP contribution in [0, 0.1) is 5.82 Å². The van der Waals surface area contributed by atoms with E-state index in [0.29, 0.717) is 16.5 Å². The largest absolute Gasteiger partial charge is 0.360 e. The second-order valence-corrected chi connectivity index (χ2v) is 2.87. The van der Waals surface area contributed by atoms with Crippen molar-refractivity contribution in [1.82, 2.24) is 10.4 Å². The average Bonchev–Trinajstić information content (AvgIpc) is 2.59. The van der Waals surface area contributed by atoms with Gasteiger partial charge in [-0.1, -0.05) is 0 Å². The summed E-state index contributed by atoms with van der Waals surface area (Å²) in [6, 6.07) is 4.15. The first-order valence-electron chi connectivity index (χ1n) is 4.00. The molecule has 72 valence electrons. The normalized spacial score (nSPS) is 10.4. The van der Waals surface area contributed by atoms with Crippen LogP contribution in [0.1, 0.15) is 10.4 Å². The van der Waals surface area contributed by atoms with Crippen molar-refractivity contribution in [2.24, 2.45) is 5.84 Å². The lowest BCUT2D eigenvalue weighted by Gasteiger charge is -1.96. The van der Waals surface area contributed by atoms with Crippen molar-refractivity contribution in [3.8, 4) is 0 Å². The van der Waals surface area contributed by atoms with Crippen LogP contribution in [0.2, 0.25) is 0 Å². The topological polar surface area (TPSA) is 70.9 Å². The third-order valence-corrected chi connectivity index (χ3v) is 2.02. The van der Waals surface area contributed by atoms with E-state index in [9.17, 15) is 9.18 Å². The number of hydrogen-bond acceptors (Lipinski definition) is 2. The summed E-state index contributed by atoms with van der Waals surface area (Å²) in [4.78, 5) is 14.0. The first-order chi connectivity index (χ1) is 6.72. The van der Waals surface area contributed by atoms with Gasteiger partial charge in [-0.25, -0.2) is 10.2 Å². The highest BCUT2D eigenvalue weighted by molar-refractivity contribution is 6.06. The lowest BCUT2D eigenvalue weighted by atomic mass is 10.1. The van der Waals surface area contributed by atoms with E-state index in [4.69, 9.17) is 5.84 Å². The maximum atomic E-state index is 12.8. The second kappa shape index (κ2) is 3.12. The zero-order valence-corrected chi connectivity index (χ0v) is 7.17. The molecule has 0 aliphatic rings. The average molecular weight is 193 g/mol. The number of aromatic amines is 1. The van der Waals surface area contributed by atoms with Crippen molar-refractivity contribution >= 4 is 16.8 Å². The third-order valence-electron chi connectivity index (χ3n) is 2.02. The van der Waals surface area contributed by atoms with Crippen LogP contribution >= 0.6 is 0 Å². The number of nitrogens with two attached hydrogens (primary N) is 1. The lowest BCUT2D eigenvalue weighted by molar-refractivity contribution is 0.0955. The number of hydrogen-bond donors (Lipinski definition) is 3. The molecule has 0 aliphatic carbocycles. The van der Waals surface area contributed by atoms with E-state index >= 15 is 0 Å². The Morgan fingerprint density at radius 3 is 3.00 bits per heavy atom. The van der Waals surface area contributed by atoms with E-state index in [1.165, 1.54) is 24.4 Å². The van der Waals surface area contributed by atoms with Gasteiger partial charge in [0.15, 0.2) is 0 Å². The minimum absolute atomic E-state index is 0.348. The molecule has 0 saturated carbocycles. The van der Waals surface area contributed by atoms with Gasteiger partial charge in [0, 0.05) is 17.1 Å². The maximum Gasteiger partial charge on any atom is 0.267 e. The number of nitrogen functional groups attached to an aromatic ring is 1. The number of aromatic nitrogens is 1. The molecule has 4 nitrogen and oxygen atoms in total. The van der Waals surface area contributed by atoms with Crippen LogP contribution in [0.15, 0.2) is 24.4 Å². The quantitative estimate of drug-likeness (QED) is 0.358. The molecule has 4 N–H and O–H groups in total. The Hall–Kier alpha value is -1.88. The number of H-pyrrole nitrogens is 1. The van der Waals surface area contributed by atoms with Crippen molar-refractivity contribution in [3.63, 3.8) is 0 Å². The molecule has 1 heterocycles. The Bertz CT molecular complexity index is 492. The second-order valence-electron chi connectivity index (χ2n) is 2.87. The van der Waals surface area contributed by atoms with Gasteiger partial charge in [-0.3, -0.25) is 10.2 Å². The standard InChI is InChI=1S/C9H8FN3O/c10-5-1-2-6-7(9(14)13-11)4-12-8(6)3-5/h1-4,12H,11H2,(H,13,14). The summed E-state index contributed by atoms with van der Waals surface area (Å²) in [6.07, 6.45) is 1.49. The molecule has 2 aromatic rings. The minimum atomic E-state index is -0.400. The molecule has 1 aromatic carbocycles. The van der Waals surface area contributed by atoms with Crippen LogP contribution in [-0.2, 0) is 0 Å². The van der Waals surface area contributed by atoms with Crippen LogP contribution in [-0.4, -0.2) is 10.9 Å². The van der Waals surface area contributed by atoms with Gasteiger partial charge in [-0.05, 0) is 18.2 Å². The molecule has 0 unspecified atom stereocenters. The van der Waals surface area contributed by atoms with Crippen molar-refractivity contribution in [3.05, 3.63) is 35.8 Å². The van der Waals surface area contributed by atoms with Crippen LogP contribution in [0.3, 0.4) is 0 Å². The summed E-state index contributed by atoms with van der Waals surface area (Å²) in [5.41, 5.74) is 3.00. The molecular weight excluding hydrogens is 185 g/mol. The third kappa shape index (κ3) is 1.23. The van der Waals surface area contributed by atoms with Gasteiger partial charge in [0.25, 0.3) is 5.91 Å². The summed E-state index contributed by atoms with van der Waals surface area (Å²) < 4.78 is 12.8. The SMILES string of the molecule is NNC(=O)c1c[nH]c2cc(F)ccc12. The molecule has 0 atom stereocenters. The fraction of sp³-hybridized carbons (Fsp3) is 0. The molecule has 1 amide bonds. The van der Waals surface area contributed by atoms with E-state index in [0.717, 1.165) is 0 Å². The predicted octanol–water partition coefficient (Wildman–Crippen LogP) is 0.910. The zero-order chi connectivity index (χ0) is 10.1. The molecule has 14 heavy (non-hydrogen) atoms. The number of hydrazine groups is 1. The minimum Gasteiger partial charge on any atom is -0.360 e. The Labute approximate surface area is 78.9 Å². The highest BCUT2D eigenvalue weighted by Crippen LogP contribution is 2.18. The molecule has 0 fully saturated rings. The predicted molar refractivity (Wildman–Crippen MR) is 49.9 cm³/mol. The summed E-state index contributed by atoms with van der Waals surface area (Å²) in [5.74, 6) is 4.25. The number of benzene rings is 1. The van der Waals surface area contributed by atoms with E-state index in [-0.39, 0.29) is 5.82 Å². The number of carbonyl (C=O) groups is 1. The van der Waals surface area contributed by atoms with E-state index < -0.39 is 5.91 Å². The van der Waals surface area contributed by atoms with Gasteiger partial charge in [0.05, 0.1) is 5.56 Å². The number of rotatable bonds is 1. The molecular formula is C9H8FN3O. The number of halogens is 1. The number of carbonyl (C=O) groups excluding carboxylic acids is 1. The molecule has 5 heteroatoms. The summed E-state index contributed by atoms with van der Waals surface area (Å²) in [6.45, 7) is 0. The van der Waals surface area contributed by atoms with Crippen molar-refractivity contribution in [1.29, 1.82) is 0 Å². The van der Waals surface area contributed by atoms with Gasteiger partial charge in [0.1, 0.15) is 5.82 Å². The molecule has 0 radical (unpaired) electrons. The number of amides is 1. The van der Waals surface area contributed by atoms with E-state index in [2.05, 4.69) is 4.98 Å². The fourth-order valence-electron chi connectivity index (χ4n) is 1.36. The summed E-state index contributed by atoms with van der Waals surface area (Å²) >= 11 is 0. The van der Waals surface area contributed by atoms with Crippen LogP contribution in [0.4, 0.5) is 4.39 Å². The Morgan fingerprint density at radius 2 is 2.29 bits per heavy atom. The highest BCUT2D eigenvalue weighted by Gasteiger charge is 2.10. The smallest absolute Gasteiger partial charge is 0.267 e. The van der Waals surface area contributed by atoms with Crippen LogP contribution in [0.5, 0.6) is 0 Å². The Morgan fingerprint density at radius 1 is 1.50 bits per heavy atom. The van der Waals surface area contributed by atoms with Crippen molar-refractivity contribution in [2.45, 2.75) is 0 Å². The first-order valence-corrected chi connectivity index (χ1v) is 4.00. The van der Waals surface area contributed by atoms with E-state index in [1.54, 1.807) is 0 Å². The van der Waals surface area contributed by atoms with Gasteiger partial charge < -0.3 is 4.98 Å². The molecule has 2 rings (SSSR count). The Balaban J connectivity index is 2.64. The first kappa shape index (κ1) is 8.71. The van der Waals surface area contributed by atoms with E-state index in [1.807, 2.05) is 5.43 Å². The summed E-state index contributed by atoms with van der Waals surface area (Å²) in [5, 5.41) is 0.648. The van der Waals surface area contributed by atoms with Crippen molar-refractivity contribution < 1.29 is 9.18 Å². The fourth-order valence-corrected chi connectivity index (χ4v) is 1.36. The lowest BCUT2D eigenvalue weighted by Crippen LogP contribution is -2.29. The van der Waals surface area contributed by atoms with Gasteiger partial charge in [0.2, 0.25) is 0 Å². The van der Waals surface area contributed by atoms with Crippen LogP contribution in [0.25, 0.3) is 10.9 Å². The Kier molecular flexibility index (Phi) is 1.94. The maximum absolute atomic E-state index is 12.8. The number of fused-ring (bicyclic) bond motifs is 1. The zero-order valence-electron chi connectivity index (χ0n) is 7.17. The van der Waals surface area contributed by atoms with Gasteiger partial charge >= 0.3 is 0 Å².